The molecule has 0 N–H and O–H groups in total. The standard InChI is InChI=1S/C39H35O10PS/c1-42-27-14-9-15-28(43-2)36(27)50(37-29(44-3)16-10-17-30(37)45-4,38-31(46-5)18-11-19-32(38)47-6)49-33(40)22-23-20-21-26-34(39(23)51)35(41)24-12-7-8-13-25(24)48-26/h7-21H,22H2,1-6H3/p+1. The molecule has 0 amide bonds. The Balaban J connectivity index is 1.68. The Bertz CT molecular complexity index is 2120. The number of para-hydroxylation sites is 1. The number of hydrogen-bond donors (Lipinski definition) is 1. The topological polar surface area (TPSA) is 112 Å². The van der Waals surface area contributed by atoms with Crippen molar-refractivity contribution in [2.45, 2.75) is 11.3 Å². The smallest absolute Gasteiger partial charge is 0.356 e. The molecule has 10 nitrogen and oxygen atoms in total. The maximum absolute atomic E-state index is 14.8. The zero-order valence-electron chi connectivity index (χ0n) is 28.8. The fourth-order valence-electron chi connectivity index (χ4n) is 6.30. The zero-order valence-corrected chi connectivity index (χ0v) is 30.6. The van der Waals surface area contributed by atoms with Gasteiger partial charge in [0.1, 0.15) is 11.2 Å². The molecule has 5 aromatic carbocycles. The largest absolute Gasteiger partial charge is 0.492 e. The monoisotopic (exact) mass is 727 g/mol. The highest BCUT2D eigenvalue weighted by Crippen LogP contribution is 2.66. The third-order valence-electron chi connectivity index (χ3n) is 8.53. The molecule has 262 valence electrons. The summed E-state index contributed by atoms with van der Waals surface area (Å²) in [6, 6.07) is 26.2. The molecule has 0 aliphatic heterocycles. The van der Waals surface area contributed by atoms with Crippen LogP contribution in [0.1, 0.15) is 5.56 Å². The van der Waals surface area contributed by atoms with Crippen molar-refractivity contribution in [3.05, 3.63) is 107 Å². The van der Waals surface area contributed by atoms with Gasteiger partial charge in [0.15, 0.2) is 34.5 Å². The van der Waals surface area contributed by atoms with Crippen LogP contribution in [0.2, 0.25) is 0 Å². The van der Waals surface area contributed by atoms with Crippen molar-refractivity contribution in [2.24, 2.45) is 0 Å². The second-order valence-corrected chi connectivity index (χ2v) is 14.3. The number of rotatable bonds is 12. The Hall–Kier alpha value is -5.38. The van der Waals surface area contributed by atoms with E-state index in [1.165, 1.54) is 42.7 Å². The second-order valence-electron chi connectivity index (χ2n) is 11.2. The van der Waals surface area contributed by atoms with Gasteiger partial charge in [-0.15, -0.1) is 12.6 Å². The van der Waals surface area contributed by atoms with E-state index < -0.39 is 13.5 Å². The van der Waals surface area contributed by atoms with Crippen LogP contribution in [-0.4, -0.2) is 48.6 Å². The van der Waals surface area contributed by atoms with E-state index in [-0.39, 0.29) is 17.2 Å². The quantitative estimate of drug-likeness (QED) is 0.0879. The van der Waals surface area contributed by atoms with E-state index in [9.17, 15) is 9.59 Å². The summed E-state index contributed by atoms with van der Waals surface area (Å²) in [4.78, 5) is 28.7. The lowest BCUT2D eigenvalue weighted by atomic mass is 10.1. The van der Waals surface area contributed by atoms with Gasteiger partial charge in [-0.25, -0.2) is 4.79 Å². The summed E-state index contributed by atoms with van der Waals surface area (Å²) in [6.07, 6.45) is -0.283. The molecular weight excluding hydrogens is 691 g/mol. The maximum atomic E-state index is 14.8. The number of hydrogen-bond acceptors (Lipinski definition) is 11. The summed E-state index contributed by atoms with van der Waals surface area (Å²) in [5.41, 5.74) is 0.985. The van der Waals surface area contributed by atoms with E-state index >= 15 is 0 Å². The molecule has 6 aromatic rings. The molecule has 0 aliphatic rings. The minimum Gasteiger partial charge on any atom is -0.492 e. The number of ether oxygens (including phenoxy) is 6. The lowest BCUT2D eigenvalue weighted by molar-refractivity contribution is -0.132. The normalized spacial score (nSPS) is 11.3. The molecule has 0 atom stereocenters. The van der Waals surface area contributed by atoms with Crippen molar-refractivity contribution in [1.82, 2.24) is 0 Å². The van der Waals surface area contributed by atoms with E-state index in [1.807, 2.05) is 0 Å². The van der Waals surface area contributed by atoms with Crippen LogP contribution in [0.3, 0.4) is 0 Å². The van der Waals surface area contributed by atoms with E-state index in [0.717, 1.165) is 0 Å². The molecule has 0 fully saturated rings. The van der Waals surface area contributed by atoms with Crippen LogP contribution in [0.15, 0.2) is 105 Å². The number of methoxy groups -OCH3 is 6. The number of benzene rings is 5. The van der Waals surface area contributed by atoms with Crippen LogP contribution in [0.4, 0.5) is 0 Å². The van der Waals surface area contributed by atoms with Gasteiger partial charge in [-0.05, 0) is 60.2 Å². The van der Waals surface area contributed by atoms with Crippen molar-refractivity contribution < 1.29 is 42.2 Å². The van der Waals surface area contributed by atoms with E-state index in [2.05, 4.69) is 0 Å². The number of carbonyl (C=O) groups is 1. The van der Waals surface area contributed by atoms with Crippen molar-refractivity contribution in [1.29, 1.82) is 0 Å². The Morgan fingerprint density at radius 2 is 1.02 bits per heavy atom. The van der Waals surface area contributed by atoms with Crippen molar-refractivity contribution in [3.63, 3.8) is 0 Å². The van der Waals surface area contributed by atoms with Gasteiger partial charge in [0, 0.05) is 4.90 Å². The van der Waals surface area contributed by atoms with E-state index in [0.29, 0.717) is 77.4 Å². The first-order valence-electron chi connectivity index (χ1n) is 15.7. The minimum atomic E-state index is -3.88. The SMILES string of the molecule is COc1cccc(OC)c1[P+](OC(=O)Cc1ccc2oc3ccccc3c(=O)c2c1S)(c1c(OC)cccc1OC)c1c(OC)cccc1OC. The molecule has 0 saturated carbocycles. The average molecular weight is 728 g/mol. The molecule has 0 spiro atoms. The predicted molar refractivity (Wildman–Crippen MR) is 201 cm³/mol. The van der Waals surface area contributed by atoms with Gasteiger partial charge in [-0.3, -0.25) is 9.32 Å². The predicted octanol–water partition coefficient (Wildman–Crippen LogP) is 6.28. The summed E-state index contributed by atoms with van der Waals surface area (Å²) >= 11 is 4.76. The zero-order chi connectivity index (χ0) is 36.3. The Kier molecular flexibility index (Phi) is 10.3. The number of carbonyl (C=O) groups excluding carboxylic acids is 1. The minimum absolute atomic E-state index is 0.257. The van der Waals surface area contributed by atoms with Gasteiger partial charge < -0.3 is 32.8 Å². The molecule has 51 heavy (non-hydrogen) atoms. The van der Waals surface area contributed by atoms with Gasteiger partial charge in [0.05, 0.1) is 59.9 Å². The lowest BCUT2D eigenvalue weighted by Gasteiger charge is -2.30. The highest BCUT2D eigenvalue weighted by molar-refractivity contribution is 7.93. The van der Waals surface area contributed by atoms with Crippen LogP contribution in [0, 0.1) is 0 Å². The molecule has 12 heteroatoms. The summed E-state index contributed by atoms with van der Waals surface area (Å²) in [7, 11) is 5.23. The molecule has 0 bridgehead atoms. The van der Waals surface area contributed by atoms with Crippen molar-refractivity contribution in [3.8, 4) is 34.5 Å². The van der Waals surface area contributed by atoms with Crippen LogP contribution in [0.5, 0.6) is 34.5 Å². The molecule has 1 heterocycles. The first-order valence-corrected chi connectivity index (χ1v) is 17.9. The third-order valence-corrected chi connectivity index (χ3v) is 12.7. The second kappa shape index (κ2) is 14.8. The van der Waals surface area contributed by atoms with Crippen LogP contribution in [0.25, 0.3) is 21.9 Å². The first kappa shape index (κ1) is 35.4. The van der Waals surface area contributed by atoms with Crippen LogP contribution >= 0.6 is 20.1 Å². The highest BCUT2D eigenvalue weighted by Gasteiger charge is 2.62. The maximum Gasteiger partial charge on any atom is 0.356 e. The molecule has 1 aromatic heterocycles. The Morgan fingerprint density at radius 3 is 1.45 bits per heavy atom. The molecule has 6 rings (SSSR count). The summed E-state index contributed by atoms with van der Waals surface area (Å²) in [5.74, 6) is 1.51. The van der Waals surface area contributed by atoms with E-state index in [4.69, 9.17) is 50.0 Å². The van der Waals surface area contributed by atoms with Gasteiger partial charge in [-0.2, -0.15) is 0 Å². The van der Waals surface area contributed by atoms with E-state index in [1.54, 1.807) is 91.0 Å². The molecule has 0 aliphatic carbocycles. The van der Waals surface area contributed by atoms with Crippen LogP contribution < -0.4 is 49.8 Å². The Morgan fingerprint density at radius 1 is 0.588 bits per heavy atom. The van der Waals surface area contributed by atoms with Crippen molar-refractivity contribution >= 4 is 63.9 Å². The fraction of sp³-hybridized carbons (Fsp3) is 0.179. The average Bonchev–Trinajstić information content (AvgIpc) is 3.17. The number of thiol groups is 1. The molecule has 0 radical (unpaired) electrons. The third kappa shape index (κ3) is 6.06. The summed E-state index contributed by atoms with van der Waals surface area (Å²) in [5, 5.41) is 1.88. The van der Waals surface area contributed by atoms with Gasteiger partial charge >= 0.3 is 13.5 Å². The lowest BCUT2D eigenvalue weighted by Crippen LogP contribution is -2.38. The summed E-state index contributed by atoms with van der Waals surface area (Å²) in [6.45, 7) is 0. The van der Waals surface area contributed by atoms with Crippen molar-refractivity contribution in [2.75, 3.05) is 42.7 Å². The van der Waals surface area contributed by atoms with Gasteiger partial charge in [-0.1, -0.05) is 36.4 Å². The summed E-state index contributed by atoms with van der Waals surface area (Å²) < 4.78 is 48.9. The molecular formula is C39H36O10PS+. The Labute approximate surface area is 300 Å². The molecule has 0 unspecified atom stereocenters. The highest BCUT2D eigenvalue weighted by atomic mass is 32.1. The molecule has 0 saturated heterocycles. The number of fused-ring (bicyclic) bond motifs is 2. The van der Waals surface area contributed by atoms with Gasteiger partial charge in [0.2, 0.25) is 21.3 Å². The fourth-order valence-corrected chi connectivity index (χ4v) is 10.8. The first-order chi connectivity index (χ1) is 24.8. The van der Waals surface area contributed by atoms with Gasteiger partial charge in [0.25, 0.3) is 0 Å². The van der Waals surface area contributed by atoms with Crippen LogP contribution in [-0.2, 0) is 15.7 Å².